The Morgan fingerprint density at radius 1 is 1.35 bits per heavy atom. The number of amides is 2. The van der Waals surface area contributed by atoms with Crippen LogP contribution in [0.15, 0.2) is 36.7 Å². The molecule has 120 valence electrons. The first kappa shape index (κ1) is 15.3. The summed E-state index contributed by atoms with van der Waals surface area (Å²) in [4.78, 5) is 26.2. The van der Waals surface area contributed by atoms with E-state index in [1.165, 1.54) is 5.56 Å². The van der Waals surface area contributed by atoms with Crippen LogP contribution in [0.5, 0.6) is 0 Å². The van der Waals surface area contributed by atoms with E-state index < -0.39 is 0 Å². The average Bonchev–Trinajstić information content (AvgIpc) is 3.08. The second-order valence-electron chi connectivity index (χ2n) is 6.05. The van der Waals surface area contributed by atoms with Crippen LogP contribution in [-0.2, 0) is 23.2 Å². The topological polar surface area (TPSA) is 67.2 Å². The first-order chi connectivity index (χ1) is 11.0. The number of aryl methyl sites for hydroxylation is 2. The zero-order valence-electron chi connectivity index (χ0n) is 13.3. The number of likely N-dealkylation sites (tertiary alicyclic amines) is 1. The molecule has 1 aromatic carbocycles. The van der Waals surface area contributed by atoms with Crippen molar-refractivity contribution in [1.82, 2.24) is 14.7 Å². The summed E-state index contributed by atoms with van der Waals surface area (Å²) in [6.07, 6.45) is 3.59. The van der Waals surface area contributed by atoms with Crippen molar-refractivity contribution in [2.24, 2.45) is 13.0 Å². The van der Waals surface area contributed by atoms with Gasteiger partial charge in [-0.2, -0.15) is 5.10 Å². The van der Waals surface area contributed by atoms with Gasteiger partial charge in [-0.15, -0.1) is 0 Å². The number of aromatic nitrogens is 2. The van der Waals surface area contributed by atoms with E-state index in [9.17, 15) is 9.59 Å². The first-order valence-corrected chi connectivity index (χ1v) is 7.64. The Balaban J connectivity index is 1.60. The highest BCUT2D eigenvalue weighted by Gasteiger charge is 2.34. The van der Waals surface area contributed by atoms with Gasteiger partial charge in [0.15, 0.2) is 0 Å². The molecule has 1 atom stereocenters. The maximum absolute atomic E-state index is 12.3. The van der Waals surface area contributed by atoms with Gasteiger partial charge in [-0.05, 0) is 12.5 Å². The van der Waals surface area contributed by atoms with E-state index in [4.69, 9.17) is 0 Å². The molecule has 0 saturated carbocycles. The van der Waals surface area contributed by atoms with Crippen molar-refractivity contribution in [3.8, 4) is 0 Å². The molecule has 0 bridgehead atoms. The van der Waals surface area contributed by atoms with E-state index in [-0.39, 0.29) is 24.2 Å². The molecular formula is C17H20N4O2. The molecule has 1 N–H and O–H groups in total. The van der Waals surface area contributed by atoms with Gasteiger partial charge in [0.25, 0.3) is 0 Å². The molecule has 6 nitrogen and oxygen atoms in total. The van der Waals surface area contributed by atoms with Crippen molar-refractivity contribution in [2.75, 3.05) is 11.9 Å². The zero-order valence-corrected chi connectivity index (χ0v) is 13.3. The molecule has 1 aliphatic heterocycles. The van der Waals surface area contributed by atoms with Gasteiger partial charge < -0.3 is 10.2 Å². The van der Waals surface area contributed by atoms with E-state index >= 15 is 0 Å². The van der Waals surface area contributed by atoms with Crippen LogP contribution < -0.4 is 5.32 Å². The highest BCUT2D eigenvalue weighted by Crippen LogP contribution is 2.22. The maximum atomic E-state index is 12.3. The number of carbonyl (C=O) groups is 2. The summed E-state index contributed by atoms with van der Waals surface area (Å²) in [7, 11) is 1.79. The van der Waals surface area contributed by atoms with Crippen LogP contribution in [0, 0.1) is 12.8 Å². The minimum atomic E-state index is -0.312. The lowest BCUT2D eigenvalue weighted by molar-refractivity contribution is -0.128. The number of nitrogens with zero attached hydrogens (tertiary/aromatic N) is 3. The Kier molecular flexibility index (Phi) is 4.14. The smallest absolute Gasteiger partial charge is 0.229 e. The van der Waals surface area contributed by atoms with Gasteiger partial charge in [-0.3, -0.25) is 14.3 Å². The SMILES string of the molecule is Cc1ccc(CN2C[C@@H](C(=O)Nc3cnn(C)c3)CC2=O)cc1. The highest BCUT2D eigenvalue weighted by molar-refractivity contribution is 5.97. The molecule has 1 aromatic heterocycles. The number of hydrogen-bond donors (Lipinski definition) is 1. The Labute approximate surface area is 135 Å². The average molecular weight is 312 g/mol. The van der Waals surface area contributed by atoms with Gasteiger partial charge in [0.1, 0.15) is 0 Å². The summed E-state index contributed by atoms with van der Waals surface area (Å²) < 4.78 is 1.62. The molecule has 3 rings (SSSR count). The molecule has 0 spiro atoms. The van der Waals surface area contributed by atoms with E-state index in [0.29, 0.717) is 18.8 Å². The molecule has 0 aliphatic carbocycles. The fourth-order valence-electron chi connectivity index (χ4n) is 2.74. The van der Waals surface area contributed by atoms with Crippen LogP contribution in [0.4, 0.5) is 5.69 Å². The largest absolute Gasteiger partial charge is 0.338 e. The van der Waals surface area contributed by atoms with Gasteiger partial charge in [-0.1, -0.05) is 29.8 Å². The lowest BCUT2D eigenvalue weighted by atomic mass is 10.1. The molecule has 23 heavy (non-hydrogen) atoms. The van der Waals surface area contributed by atoms with Crippen molar-refractivity contribution in [3.63, 3.8) is 0 Å². The Hall–Kier alpha value is -2.63. The van der Waals surface area contributed by atoms with Crippen molar-refractivity contribution in [3.05, 3.63) is 47.8 Å². The molecule has 6 heteroatoms. The summed E-state index contributed by atoms with van der Waals surface area (Å²) >= 11 is 0. The predicted octanol–water partition coefficient (Wildman–Crippen LogP) is 1.72. The molecule has 1 saturated heterocycles. The van der Waals surface area contributed by atoms with Crippen LogP contribution in [0.2, 0.25) is 0 Å². The van der Waals surface area contributed by atoms with Gasteiger partial charge in [0.05, 0.1) is 17.8 Å². The molecule has 1 aliphatic rings. The fourth-order valence-corrected chi connectivity index (χ4v) is 2.74. The molecule has 0 radical (unpaired) electrons. The van der Waals surface area contributed by atoms with Crippen molar-refractivity contribution >= 4 is 17.5 Å². The molecule has 0 unspecified atom stereocenters. The third-order valence-corrected chi connectivity index (χ3v) is 4.05. The van der Waals surface area contributed by atoms with Crippen LogP contribution >= 0.6 is 0 Å². The van der Waals surface area contributed by atoms with E-state index in [2.05, 4.69) is 10.4 Å². The van der Waals surface area contributed by atoms with E-state index in [0.717, 1.165) is 5.56 Å². The zero-order chi connectivity index (χ0) is 16.4. The van der Waals surface area contributed by atoms with E-state index in [1.54, 1.807) is 29.0 Å². The second kappa shape index (κ2) is 6.24. The Morgan fingerprint density at radius 2 is 2.09 bits per heavy atom. The molecule has 2 aromatic rings. The summed E-state index contributed by atoms with van der Waals surface area (Å²) in [5.74, 6) is -0.414. The normalized spacial score (nSPS) is 17.6. The third kappa shape index (κ3) is 3.59. The third-order valence-electron chi connectivity index (χ3n) is 4.05. The van der Waals surface area contributed by atoms with Gasteiger partial charge in [0.2, 0.25) is 11.8 Å². The number of hydrogen-bond acceptors (Lipinski definition) is 3. The predicted molar refractivity (Wildman–Crippen MR) is 86.5 cm³/mol. The Bertz CT molecular complexity index is 720. The minimum absolute atomic E-state index is 0.0249. The van der Waals surface area contributed by atoms with Crippen molar-refractivity contribution < 1.29 is 9.59 Å². The molecule has 2 heterocycles. The minimum Gasteiger partial charge on any atom is -0.338 e. The molecule has 2 amide bonds. The van der Waals surface area contributed by atoms with Gasteiger partial charge >= 0.3 is 0 Å². The van der Waals surface area contributed by atoms with Crippen LogP contribution in [0.25, 0.3) is 0 Å². The quantitative estimate of drug-likeness (QED) is 0.934. The summed E-state index contributed by atoms with van der Waals surface area (Å²) in [5, 5.41) is 6.83. The maximum Gasteiger partial charge on any atom is 0.229 e. The van der Waals surface area contributed by atoms with E-state index in [1.807, 2.05) is 31.2 Å². The number of carbonyl (C=O) groups excluding carboxylic acids is 2. The van der Waals surface area contributed by atoms with Gasteiger partial charge in [0, 0.05) is 32.8 Å². The summed E-state index contributed by atoms with van der Waals surface area (Å²) in [6, 6.07) is 8.10. The lowest BCUT2D eigenvalue weighted by Crippen LogP contribution is -2.27. The number of nitrogens with one attached hydrogen (secondary N) is 1. The monoisotopic (exact) mass is 312 g/mol. The van der Waals surface area contributed by atoms with Crippen LogP contribution in [-0.4, -0.2) is 33.0 Å². The summed E-state index contributed by atoms with van der Waals surface area (Å²) in [5.41, 5.74) is 2.93. The summed E-state index contributed by atoms with van der Waals surface area (Å²) in [6.45, 7) is 3.04. The standard InChI is InChI=1S/C17H20N4O2/c1-12-3-5-13(6-4-12)9-21-10-14(7-16(21)22)17(23)19-15-8-18-20(2)11-15/h3-6,8,11,14H,7,9-10H2,1-2H3,(H,19,23)/t14-/m0/s1. The van der Waals surface area contributed by atoms with Gasteiger partial charge in [-0.25, -0.2) is 0 Å². The molecule has 1 fully saturated rings. The lowest BCUT2D eigenvalue weighted by Gasteiger charge is -2.16. The highest BCUT2D eigenvalue weighted by atomic mass is 16.2. The molecular weight excluding hydrogens is 292 g/mol. The second-order valence-corrected chi connectivity index (χ2v) is 6.05. The van der Waals surface area contributed by atoms with Crippen molar-refractivity contribution in [1.29, 1.82) is 0 Å². The van der Waals surface area contributed by atoms with Crippen LogP contribution in [0.3, 0.4) is 0 Å². The fraction of sp³-hybridized carbons (Fsp3) is 0.353. The van der Waals surface area contributed by atoms with Crippen molar-refractivity contribution in [2.45, 2.75) is 19.9 Å². The number of rotatable bonds is 4. The first-order valence-electron chi connectivity index (χ1n) is 7.64. The Morgan fingerprint density at radius 3 is 2.74 bits per heavy atom. The number of anilines is 1. The van der Waals surface area contributed by atoms with Crippen LogP contribution in [0.1, 0.15) is 17.5 Å². The number of benzene rings is 1.